The van der Waals surface area contributed by atoms with Crippen molar-refractivity contribution in [2.45, 2.75) is 31.5 Å². The van der Waals surface area contributed by atoms with Gasteiger partial charge in [0.25, 0.3) is 0 Å². The molecule has 0 radical (unpaired) electrons. The summed E-state index contributed by atoms with van der Waals surface area (Å²) in [7, 11) is 0. The number of carbonyl (C=O) groups is 1. The van der Waals surface area contributed by atoms with Gasteiger partial charge in [-0.15, -0.1) is 16.8 Å². The van der Waals surface area contributed by atoms with E-state index in [4.69, 9.17) is 16.3 Å². The molecule has 1 heterocycles. The molecule has 9 heteroatoms. The van der Waals surface area contributed by atoms with Crippen molar-refractivity contribution in [3.63, 3.8) is 0 Å². The Hall–Kier alpha value is -2.84. The number of nitrogens with one attached hydrogen (secondary N) is 1. The quantitative estimate of drug-likeness (QED) is 0.232. The number of ether oxygens (including phenoxy) is 1. The highest BCUT2D eigenvalue weighted by atomic mass is 35.5. The monoisotopic (exact) mass is 474 g/mol. The molecule has 0 saturated heterocycles. The summed E-state index contributed by atoms with van der Waals surface area (Å²) >= 11 is 7.22. The smallest absolute Gasteiger partial charge is 0.234 e. The van der Waals surface area contributed by atoms with Crippen LogP contribution in [0.25, 0.3) is 0 Å². The summed E-state index contributed by atoms with van der Waals surface area (Å²) in [5.74, 6) is 0.890. The fraction of sp³-hybridized carbons (Fsp3) is 0.261. The number of rotatable bonds is 11. The molecule has 168 valence electrons. The van der Waals surface area contributed by atoms with E-state index >= 15 is 0 Å². The lowest BCUT2D eigenvalue weighted by Crippen LogP contribution is -2.15. The van der Waals surface area contributed by atoms with E-state index in [1.807, 2.05) is 23.6 Å². The van der Waals surface area contributed by atoms with Crippen molar-refractivity contribution in [3.8, 4) is 5.75 Å². The Morgan fingerprint density at radius 1 is 1.31 bits per heavy atom. The van der Waals surface area contributed by atoms with Gasteiger partial charge in [-0.3, -0.25) is 4.79 Å². The zero-order chi connectivity index (χ0) is 22.9. The van der Waals surface area contributed by atoms with Gasteiger partial charge in [0.05, 0.1) is 18.0 Å². The van der Waals surface area contributed by atoms with Crippen molar-refractivity contribution in [1.29, 1.82) is 0 Å². The van der Waals surface area contributed by atoms with Crippen LogP contribution in [0, 0.1) is 12.7 Å². The molecule has 0 atom stereocenters. The minimum absolute atomic E-state index is 0.0859. The first-order valence-corrected chi connectivity index (χ1v) is 11.4. The number of hydrogen-bond donors (Lipinski definition) is 1. The molecule has 6 nitrogen and oxygen atoms in total. The number of para-hydroxylation sites is 1. The molecule has 1 N–H and O–H groups in total. The number of aromatic nitrogens is 3. The predicted molar refractivity (Wildman–Crippen MR) is 126 cm³/mol. The zero-order valence-corrected chi connectivity index (χ0v) is 19.3. The number of aryl methyl sites for hydroxylation is 2. The van der Waals surface area contributed by atoms with E-state index in [-0.39, 0.29) is 17.3 Å². The van der Waals surface area contributed by atoms with Gasteiger partial charge < -0.3 is 14.6 Å². The minimum atomic E-state index is -0.473. The van der Waals surface area contributed by atoms with Crippen LogP contribution in [0.5, 0.6) is 5.75 Å². The first kappa shape index (κ1) is 23.8. The van der Waals surface area contributed by atoms with Crippen molar-refractivity contribution in [1.82, 2.24) is 14.8 Å². The maximum atomic E-state index is 13.7. The van der Waals surface area contributed by atoms with Crippen molar-refractivity contribution in [2.24, 2.45) is 0 Å². The summed E-state index contributed by atoms with van der Waals surface area (Å²) < 4.78 is 21.5. The lowest BCUT2D eigenvalue weighted by molar-refractivity contribution is -0.113. The lowest BCUT2D eigenvalue weighted by atomic mass is 10.2. The van der Waals surface area contributed by atoms with Crippen molar-refractivity contribution in [3.05, 3.63) is 77.3 Å². The zero-order valence-electron chi connectivity index (χ0n) is 17.7. The van der Waals surface area contributed by atoms with E-state index in [0.717, 1.165) is 23.6 Å². The topological polar surface area (TPSA) is 69.0 Å². The third kappa shape index (κ3) is 6.58. The van der Waals surface area contributed by atoms with Crippen molar-refractivity contribution >= 4 is 35.0 Å². The number of hydrogen-bond acceptors (Lipinski definition) is 5. The lowest BCUT2D eigenvalue weighted by Gasteiger charge is -2.10. The normalized spacial score (nSPS) is 10.7. The molecule has 0 aliphatic rings. The summed E-state index contributed by atoms with van der Waals surface area (Å²) in [6.45, 7) is 6.79. The van der Waals surface area contributed by atoms with Crippen LogP contribution in [0.1, 0.15) is 17.8 Å². The Bertz CT molecular complexity index is 1090. The second-order valence-electron chi connectivity index (χ2n) is 6.98. The van der Waals surface area contributed by atoms with Gasteiger partial charge in [0.15, 0.2) is 5.16 Å². The van der Waals surface area contributed by atoms with Gasteiger partial charge in [-0.2, -0.15) is 0 Å². The molecule has 0 fully saturated rings. The van der Waals surface area contributed by atoms with Gasteiger partial charge in [0.2, 0.25) is 5.91 Å². The molecule has 0 spiro atoms. The Balaban J connectivity index is 1.53. The number of carbonyl (C=O) groups excluding carboxylic acids is 1. The van der Waals surface area contributed by atoms with E-state index in [1.165, 1.54) is 23.9 Å². The average molecular weight is 475 g/mol. The number of anilines is 1. The summed E-state index contributed by atoms with van der Waals surface area (Å²) in [6, 6.07) is 11.6. The second kappa shape index (κ2) is 11.7. The Morgan fingerprint density at radius 2 is 2.12 bits per heavy atom. The number of halogens is 2. The molecule has 0 aliphatic carbocycles. The largest absolute Gasteiger partial charge is 0.493 e. The van der Waals surface area contributed by atoms with E-state index < -0.39 is 5.82 Å². The molecule has 3 aromatic rings. The maximum Gasteiger partial charge on any atom is 0.234 e. The van der Waals surface area contributed by atoms with Crippen LogP contribution < -0.4 is 10.1 Å². The number of thioether (sulfide) groups is 1. The van der Waals surface area contributed by atoms with Gasteiger partial charge in [0.1, 0.15) is 17.4 Å². The van der Waals surface area contributed by atoms with Crippen LogP contribution in [0.2, 0.25) is 5.02 Å². The maximum absolute atomic E-state index is 13.7. The summed E-state index contributed by atoms with van der Waals surface area (Å²) in [6.07, 6.45) is 3.16. The third-order valence-electron chi connectivity index (χ3n) is 4.52. The molecule has 0 aliphatic heterocycles. The molecule has 32 heavy (non-hydrogen) atoms. The fourth-order valence-electron chi connectivity index (χ4n) is 2.99. The van der Waals surface area contributed by atoms with Crippen LogP contribution in [-0.2, 0) is 17.8 Å². The van der Waals surface area contributed by atoms with Gasteiger partial charge >= 0.3 is 0 Å². The van der Waals surface area contributed by atoms with Crippen LogP contribution in [-0.4, -0.2) is 33.0 Å². The molecule has 2 aromatic carbocycles. The minimum Gasteiger partial charge on any atom is -0.493 e. The highest BCUT2D eigenvalue weighted by Crippen LogP contribution is 2.23. The Labute approximate surface area is 195 Å². The van der Waals surface area contributed by atoms with Gasteiger partial charge in [0, 0.05) is 18.0 Å². The number of benzene rings is 2. The summed E-state index contributed by atoms with van der Waals surface area (Å²) in [4.78, 5) is 12.2. The van der Waals surface area contributed by atoms with Gasteiger partial charge in [-0.25, -0.2) is 4.39 Å². The highest BCUT2D eigenvalue weighted by molar-refractivity contribution is 7.99. The summed E-state index contributed by atoms with van der Waals surface area (Å²) in [5.41, 5.74) is 1.14. The van der Waals surface area contributed by atoms with E-state index in [1.54, 1.807) is 24.3 Å². The molecule has 0 saturated carbocycles. The van der Waals surface area contributed by atoms with Gasteiger partial charge in [-0.05, 0) is 49.2 Å². The van der Waals surface area contributed by atoms with Crippen molar-refractivity contribution in [2.75, 3.05) is 17.7 Å². The summed E-state index contributed by atoms with van der Waals surface area (Å²) in [5, 5.41) is 12.3. The van der Waals surface area contributed by atoms with Gasteiger partial charge in [-0.1, -0.05) is 41.6 Å². The fourth-order valence-corrected chi connectivity index (χ4v) is 3.98. The standard InChI is InChI=1S/C23H24ClFN4O2S/c1-3-12-29-21(9-6-13-31-20-11-10-17(24)14-16(20)2)27-28-23(29)32-15-22(30)26-19-8-5-4-7-18(19)25/h3-5,7-8,10-11,14H,1,6,9,12-13,15H2,2H3,(H,26,30). The Morgan fingerprint density at radius 3 is 2.88 bits per heavy atom. The molecular weight excluding hydrogens is 451 g/mol. The third-order valence-corrected chi connectivity index (χ3v) is 5.73. The predicted octanol–water partition coefficient (Wildman–Crippen LogP) is 5.31. The molecule has 1 amide bonds. The van der Waals surface area contributed by atoms with Crippen LogP contribution in [0.15, 0.2) is 60.3 Å². The molecule has 3 rings (SSSR count). The van der Waals surface area contributed by atoms with E-state index in [9.17, 15) is 9.18 Å². The second-order valence-corrected chi connectivity index (χ2v) is 8.36. The molecule has 0 bridgehead atoms. The van der Waals surface area contributed by atoms with Crippen LogP contribution in [0.4, 0.5) is 10.1 Å². The average Bonchev–Trinajstić information content (AvgIpc) is 3.14. The molecule has 0 unspecified atom stereocenters. The van der Waals surface area contributed by atoms with Crippen LogP contribution in [0.3, 0.4) is 0 Å². The van der Waals surface area contributed by atoms with E-state index in [2.05, 4.69) is 22.1 Å². The van der Waals surface area contributed by atoms with Crippen LogP contribution >= 0.6 is 23.4 Å². The Kier molecular flexibility index (Phi) is 8.70. The number of allylic oxidation sites excluding steroid dienone is 1. The first-order valence-electron chi connectivity index (χ1n) is 10.1. The first-order chi connectivity index (χ1) is 15.5. The molecule has 1 aromatic heterocycles. The molecular formula is C23H24ClFN4O2S. The number of amides is 1. The SMILES string of the molecule is C=CCn1c(CCCOc2ccc(Cl)cc2C)nnc1SCC(=O)Nc1ccccc1F. The van der Waals surface area contributed by atoms with Crippen molar-refractivity contribution < 1.29 is 13.9 Å². The highest BCUT2D eigenvalue weighted by Gasteiger charge is 2.14. The number of nitrogens with zero attached hydrogens (tertiary/aromatic N) is 3. The van der Waals surface area contributed by atoms with E-state index in [0.29, 0.717) is 29.8 Å².